The molecule has 1 aliphatic carbocycles. The van der Waals surface area contributed by atoms with Gasteiger partial charge < -0.3 is 4.57 Å². The first-order chi connectivity index (χ1) is 12.0. The van der Waals surface area contributed by atoms with Crippen molar-refractivity contribution < 1.29 is 8.78 Å². The van der Waals surface area contributed by atoms with Crippen LogP contribution < -0.4 is 5.56 Å². The molecular weight excluding hydrogens is 326 g/mol. The molecule has 1 saturated heterocycles. The molecule has 5 nitrogen and oxygen atoms in total. The molecule has 0 N–H and O–H groups in total. The van der Waals surface area contributed by atoms with Crippen LogP contribution in [0.2, 0.25) is 0 Å². The number of alkyl halides is 2. The third-order valence-electron chi connectivity index (χ3n) is 5.73. The second-order valence-corrected chi connectivity index (χ2v) is 7.70. The molecule has 2 aliphatic heterocycles. The first-order valence-electron chi connectivity index (χ1n) is 8.82. The number of nitrogens with zero attached hydrogens (tertiary/aromatic N) is 4. The summed E-state index contributed by atoms with van der Waals surface area (Å²) in [5.41, 5.74) is 2.20. The van der Waals surface area contributed by atoms with E-state index in [2.05, 4.69) is 16.1 Å². The summed E-state index contributed by atoms with van der Waals surface area (Å²) in [5.74, 6) is -1.76. The van der Waals surface area contributed by atoms with Gasteiger partial charge in [0.15, 0.2) is 0 Å². The first-order valence-corrected chi connectivity index (χ1v) is 8.82. The lowest BCUT2D eigenvalue weighted by atomic mass is 9.83. The highest BCUT2D eigenvalue weighted by atomic mass is 19.3. The van der Waals surface area contributed by atoms with Crippen molar-refractivity contribution in [1.29, 1.82) is 0 Å². The van der Waals surface area contributed by atoms with Crippen LogP contribution in [0.15, 0.2) is 35.4 Å². The normalized spacial score (nSPS) is 30.1. The Bertz CT molecular complexity index is 874. The van der Waals surface area contributed by atoms with E-state index in [1.165, 1.54) is 4.68 Å². The summed E-state index contributed by atoms with van der Waals surface area (Å²) in [7, 11) is 0. The number of halogens is 2. The quantitative estimate of drug-likeness (QED) is 0.856. The Kier molecular flexibility index (Phi) is 3.20. The topological polar surface area (TPSA) is 43.1 Å². The highest BCUT2D eigenvalue weighted by Crippen LogP contribution is 2.52. The van der Waals surface area contributed by atoms with E-state index in [-0.39, 0.29) is 12.0 Å². The summed E-state index contributed by atoms with van der Waals surface area (Å²) in [6.45, 7) is 3.32. The Morgan fingerprint density at radius 1 is 1.24 bits per heavy atom. The second kappa shape index (κ2) is 5.24. The number of pyridine rings is 1. The number of fused-ring (bicyclic) bond motifs is 4. The predicted octanol–water partition coefficient (Wildman–Crippen LogP) is 2.24. The van der Waals surface area contributed by atoms with E-state index in [9.17, 15) is 13.6 Å². The predicted molar refractivity (Wildman–Crippen MR) is 87.7 cm³/mol. The molecular formula is C18H20F2N4O. The second-order valence-electron chi connectivity index (χ2n) is 7.70. The summed E-state index contributed by atoms with van der Waals surface area (Å²) < 4.78 is 29.7. The van der Waals surface area contributed by atoms with E-state index in [0.717, 1.165) is 43.9 Å². The molecule has 2 aromatic rings. The van der Waals surface area contributed by atoms with Crippen molar-refractivity contribution >= 4 is 0 Å². The molecule has 132 valence electrons. The monoisotopic (exact) mass is 346 g/mol. The van der Waals surface area contributed by atoms with E-state index in [1.807, 2.05) is 10.6 Å². The van der Waals surface area contributed by atoms with Gasteiger partial charge in [0.1, 0.15) is 6.04 Å². The number of piperidine rings is 1. The molecule has 0 spiro atoms. The Balaban J connectivity index is 1.32. The zero-order valence-electron chi connectivity index (χ0n) is 13.8. The van der Waals surface area contributed by atoms with Crippen LogP contribution in [0, 0.1) is 5.92 Å². The van der Waals surface area contributed by atoms with Gasteiger partial charge in [-0.1, -0.05) is 6.07 Å². The van der Waals surface area contributed by atoms with Gasteiger partial charge in [-0.25, -0.2) is 8.78 Å². The lowest BCUT2D eigenvalue weighted by Crippen LogP contribution is -2.46. The van der Waals surface area contributed by atoms with Crippen LogP contribution in [0.25, 0.3) is 0 Å². The Hall–Kier alpha value is -2.02. The summed E-state index contributed by atoms with van der Waals surface area (Å²) in [6, 6.07) is 4.76. The zero-order chi connectivity index (χ0) is 17.2. The third kappa shape index (κ3) is 2.61. The van der Waals surface area contributed by atoms with Gasteiger partial charge in [0.05, 0.1) is 6.20 Å². The fourth-order valence-electron chi connectivity index (χ4n) is 4.50. The van der Waals surface area contributed by atoms with E-state index in [4.69, 9.17) is 0 Å². The molecule has 1 saturated carbocycles. The van der Waals surface area contributed by atoms with Crippen molar-refractivity contribution in [3.05, 3.63) is 52.2 Å². The summed E-state index contributed by atoms with van der Waals surface area (Å²) >= 11 is 0. The van der Waals surface area contributed by atoms with Gasteiger partial charge in [0, 0.05) is 62.0 Å². The van der Waals surface area contributed by atoms with Gasteiger partial charge in [-0.2, -0.15) is 5.10 Å². The maximum Gasteiger partial charge on any atom is 0.272 e. The molecule has 3 atom stereocenters. The van der Waals surface area contributed by atoms with Crippen molar-refractivity contribution in [1.82, 2.24) is 19.2 Å². The van der Waals surface area contributed by atoms with E-state index < -0.39 is 12.0 Å². The molecule has 2 aromatic heterocycles. The van der Waals surface area contributed by atoms with Crippen LogP contribution >= 0.6 is 0 Å². The molecule has 0 aromatic carbocycles. The number of rotatable bonds is 3. The molecule has 2 fully saturated rings. The average Bonchev–Trinajstić information content (AvgIpc) is 2.99. The van der Waals surface area contributed by atoms with E-state index in [0.29, 0.717) is 11.8 Å². The molecule has 2 bridgehead atoms. The van der Waals surface area contributed by atoms with Gasteiger partial charge >= 0.3 is 0 Å². The van der Waals surface area contributed by atoms with Crippen molar-refractivity contribution in [2.24, 2.45) is 5.92 Å². The standard InChI is InChI=1S/C18H20F2N4O/c19-18(20)5-16(18)24-10-13(6-21-24)8-22-7-12-4-14(11-22)15-2-1-3-17(25)23(15)9-12/h1-3,6,10,12,14,16H,4-5,7-9,11H2/t12-,14+,16?/m0/s1. The lowest BCUT2D eigenvalue weighted by molar-refractivity contribution is 0.0982. The van der Waals surface area contributed by atoms with Crippen molar-refractivity contribution in [3.8, 4) is 0 Å². The van der Waals surface area contributed by atoms with Gasteiger partial charge in [0.2, 0.25) is 0 Å². The lowest BCUT2D eigenvalue weighted by Gasteiger charge is -2.42. The van der Waals surface area contributed by atoms with Crippen LogP contribution in [0.4, 0.5) is 8.78 Å². The molecule has 3 aliphatic rings. The number of likely N-dealkylation sites (tertiary alicyclic amines) is 1. The van der Waals surface area contributed by atoms with Gasteiger partial charge in [-0.3, -0.25) is 14.4 Å². The fourth-order valence-corrected chi connectivity index (χ4v) is 4.50. The summed E-state index contributed by atoms with van der Waals surface area (Å²) in [5, 5.41) is 4.12. The van der Waals surface area contributed by atoms with Gasteiger partial charge in [0.25, 0.3) is 11.5 Å². The third-order valence-corrected chi connectivity index (χ3v) is 5.73. The molecule has 0 radical (unpaired) electrons. The fraction of sp³-hybridized carbons (Fsp3) is 0.556. The van der Waals surface area contributed by atoms with Crippen LogP contribution in [0.1, 0.15) is 36.1 Å². The first kappa shape index (κ1) is 15.3. The SMILES string of the molecule is O=c1cccc2n1C[C@H]1C[C@@H]2CN(Cc2cnn(C3CC3(F)F)c2)C1. The van der Waals surface area contributed by atoms with Crippen LogP contribution in [0.3, 0.4) is 0 Å². The number of aromatic nitrogens is 3. The van der Waals surface area contributed by atoms with Crippen molar-refractivity contribution in [3.63, 3.8) is 0 Å². The van der Waals surface area contributed by atoms with E-state index >= 15 is 0 Å². The molecule has 1 unspecified atom stereocenters. The van der Waals surface area contributed by atoms with E-state index in [1.54, 1.807) is 18.5 Å². The number of hydrogen-bond donors (Lipinski definition) is 0. The summed E-state index contributed by atoms with van der Waals surface area (Å²) in [4.78, 5) is 14.4. The Morgan fingerprint density at radius 3 is 2.88 bits per heavy atom. The minimum atomic E-state index is -2.59. The maximum absolute atomic E-state index is 13.2. The van der Waals surface area contributed by atoms with Crippen LogP contribution in [0.5, 0.6) is 0 Å². The van der Waals surface area contributed by atoms with Crippen molar-refractivity contribution in [2.45, 2.75) is 43.8 Å². The highest BCUT2D eigenvalue weighted by molar-refractivity contribution is 5.17. The Morgan fingerprint density at radius 2 is 2.08 bits per heavy atom. The minimum absolute atomic E-state index is 0.0901. The molecule has 4 heterocycles. The van der Waals surface area contributed by atoms with Crippen LogP contribution in [-0.2, 0) is 13.1 Å². The van der Waals surface area contributed by atoms with Gasteiger partial charge in [-0.05, 0) is 18.4 Å². The molecule has 7 heteroatoms. The maximum atomic E-state index is 13.2. The van der Waals surface area contributed by atoms with Gasteiger partial charge in [-0.15, -0.1) is 0 Å². The smallest absolute Gasteiger partial charge is 0.272 e. The molecule has 25 heavy (non-hydrogen) atoms. The summed E-state index contributed by atoms with van der Waals surface area (Å²) in [6.07, 6.45) is 4.48. The molecule has 0 amide bonds. The minimum Gasteiger partial charge on any atom is -0.312 e. The number of hydrogen-bond acceptors (Lipinski definition) is 3. The zero-order valence-corrected chi connectivity index (χ0v) is 13.8. The van der Waals surface area contributed by atoms with Crippen molar-refractivity contribution in [2.75, 3.05) is 13.1 Å². The molecule has 5 rings (SSSR count). The Labute approximate surface area is 143 Å². The largest absolute Gasteiger partial charge is 0.312 e. The average molecular weight is 346 g/mol. The highest BCUT2D eigenvalue weighted by Gasteiger charge is 2.59. The van der Waals surface area contributed by atoms with Crippen LogP contribution in [-0.4, -0.2) is 38.3 Å².